The van der Waals surface area contributed by atoms with Crippen LogP contribution in [0.2, 0.25) is 0 Å². The Morgan fingerprint density at radius 3 is 2.50 bits per heavy atom. The molecule has 0 aliphatic rings. The summed E-state index contributed by atoms with van der Waals surface area (Å²) in [7, 11) is 0. The van der Waals surface area contributed by atoms with Crippen molar-refractivity contribution in [1.82, 2.24) is 5.32 Å². The molecule has 0 aliphatic carbocycles. The van der Waals surface area contributed by atoms with Crippen LogP contribution in [-0.4, -0.2) is 23.5 Å². The molecule has 98 valence electrons. The van der Waals surface area contributed by atoms with Gasteiger partial charge in [0.2, 0.25) is 5.91 Å². The van der Waals surface area contributed by atoms with E-state index in [1.54, 1.807) is 24.3 Å². The molecular formula is C13H18N2O2S. The highest BCUT2D eigenvalue weighted by Crippen LogP contribution is 2.12. The lowest BCUT2D eigenvalue weighted by atomic mass is 10.2. The van der Waals surface area contributed by atoms with Crippen molar-refractivity contribution in [3.8, 4) is 5.75 Å². The molecule has 0 aromatic heterocycles. The average Bonchev–Trinajstić information content (AvgIpc) is 2.28. The van der Waals surface area contributed by atoms with Gasteiger partial charge in [-0.25, -0.2) is 0 Å². The third-order valence-electron chi connectivity index (χ3n) is 2.19. The summed E-state index contributed by atoms with van der Waals surface area (Å²) in [6.07, 6.45) is 0.342. The Morgan fingerprint density at radius 2 is 2.00 bits per heavy atom. The van der Waals surface area contributed by atoms with E-state index >= 15 is 0 Å². The molecule has 0 spiro atoms. The lowest BCUT2D eigenvalue weighted by molar-refractivity contribution is -0.122. The van der Waals surface area contributed by atoms with Gasteiger partial charge in [0.15, 0.2) is 0 Å². The average molecular weight is 266 g/mol. The number of thiocarbonyl (C=S) groups is 1. The lowest BCUT2D eigenvalue weighted by Gasteiger charge is -2.09. The van der Waals surface area contributed by atoms with Gasteiger partial charge in [0.05, 0.1) is 13.0 Å². The first-order valence-electron chi connectivity index (χ1n) is 5.81. The van der Waals surface area contributed by atoms with E-state index in [0.717, 1.165) is 5.56 Å². The zero-order valence-corrected chi connectivity index (χ0v) is 11.4. The Kier molecular flexibility index (Phi) is 5.58. The van der Waals surface area contributed by atoms with Gasteiger partial charge in [0.1, 0.15) is 10.7 Å². The quantitative estimate of drug-likeness (QED) is 0.768. The Balaban J connectivity index is 2.35. The fourth-order valence-corrected chi connectivity index (χ4v) is 1.51. The van der Waals surface area contributed by atoms with Crippen molar-refractivity contribution in [2.45, 2.75) is 26.3 Å². The molecule has 0 saturated heterocycles. The fraction of sp³-hybridized carbons (Fsp3) is 0.385. The number of rotatable bonds is 6. The van der Waals surface area contributed by atoms with Gasteiger partial charge in [-0.1, -0.05) is 12.2 Å². The van der Waals surface area contributed by atoms with Gasteiger partial charge in [-0.3, -0.25) is 4.79 Å². The van der Waals surface area contributed by atoms with E-state index in [9.17, 15) is 4.79 Å². The van der Waals surface area contributed by atoms with E-state index in [2.05, 4.69) is 5.32 Å². The molecule has 0 aliphatic heterocycles. The summed E-state index contributed by atoms with van der Waals surface area (Å²) in [5.74, 6) is 0.692. The minimum Gasteiger partial charge on any atom is -0.493 e. The van der Waals surface area contributed by atoms with E-state index in [-0.39, 0.29) is 11.9 Å². The maximum atomic E-state index is 11.4. The summed E-state index contributed by atoms with van der Waals surface area (Å²) in [5.41, 5.74) is 6.29. The van der Waals surface area contributed by atoms with Crippen LogP contribution >= 0.6 is 12.2 Å². The van der Waals surface area contributed by atoms with Gasteiger partial charge < -0.3 is 15.8 Å². The second kappa shape index (κ2) is 6.96. The largest absolute Gasteiger partial charge is 0.493 e. The molecule has 0 heterocycles. The third kappa shape index (κ3) is 5.14. The first-order chi connectivity index (χ1) is 8.49. The van der Waals surface area contributed by atoms with Crippen LogP contribution in [0.15, 0.2) is 24.3 Å². The molecule has 1 amide bonds. The highest BCUT2D eigenvalue weighted by atomic mass is 32.1. The molecule has 0 saturated carbocycles. The van der Waals surface area contributed by atoms with Crippen LogP contribution in [0.5, 0.6) is 5.75 Å². The number of nitrogens with one attached hydrogen (secondary N) is 1. The van der Waals surface area contributed by atoms with Gasteiger partial charge in [0, 0.05) is 11.6 Å². The van der Waals surface area contributed by atoms with Gasteiger partial charge in [-0.15, -0.1) is 0 Å². The number of amides is 1. The highest BCUT2D eigenvalue weighted by Gasteiger charge is 2.03. The van der Waals surface area contributed by atoms with Gasteiger partial charge in [-0.2, -0.15) is 0 Å². The fourth-order valence-electron chi connectivity index (χ4n) is 1.37. The van der Waals surface area contributed by atoms with E-state index in [1.807, 2.05) is 13.8 Å². The molecule has 1 aromatic carbocycles. The topological polar surface area (TPSA) is 64.3 Å². The van der Waals surface area contributed by atoms with E-state index in [0.29, 0.717) is 23.8 Å². The summed E-state index contributed by atoms with van der Waals surface area (Å²) in [5, 5.41) is 2.80. The van der Waals surface area contributed by atoms with Crippen LogP contribution in [-0.2, 0) is 4.79 Å². The molecule has 0 atom stereocenters. The Bertz CT molecular complexity index is 416. The van der Waals surface area contributed by atoms with Crippen molar-refractivity contribution in [2.24, 2.45) is 5.73 Å². The first kappa shape index (κ1) is 14.4. The standard InChI is InChI=1S/C13H18N2O2S/c1-9(2)15-12(16)7-8-17-11-5-3-10(4-6-11)13(14)18/h3-6,9H,7-8H2,1-2H3,(H2,14,18)(H,15,16). The molecule has 0 bridgehead atoms. The van der Waals surface area contributed by atoms with Crippen molar-refractivity contribution in [3.05, 3.63) is 29.8 Å². The van der Waals surface area contributed by atoms with Gasteiger partial charge in [0.25, 0.3) is 0 Å². The molecule has 1 aromatic rings. The van der Waals surface area contributed by atoms with Crippen LogP contribution in [0, 0.1) is 0 Å². The van der Waals surface area contributed by atoms with Gasteiger partial charge >= 0.3 is 0 Å². The molecule has 0 unspecified atom stereocenters. The van der Waals surface area contributed by atoms with Crippen molar-refractivity contribution < 1.29 is 9.53 Å². The van der Waals surface area contributed by atoms with E-state index in [4.69, 9.17) is 22.7 Å². The van der Waals surface area contributed by atoms with Crippen molar-refractivity contribution in [3.63, 3.8) is 0 Å². The number of nitrogens with two attached hydrogens (primary N) is 1. The van der Waals surface area contributed by atoms with Crippen LogP contribution in [0.25, 0.3) is 0 Å². The molecule has 0 fully saturated rings. The van der Waals surface area contributed by atoms with Crippen LogP contribution in [0.3, 0.4) is 0 Å². The zero-order valence-electron chi connectivity index (χ0n) is 10.6. The smallest absolute Gasteiger partial charge is 0.223 e. The minimum absolute atomic E-state index is 0.00949. The van der Waals surface area contributed by atoms with Crippen molar-refractivity contribution in [1.29, 1.82) is 0 Å². The van der Waals surface area contributed by atoms with E-state index in [1.165, 1.54) is 0 Å². The molecule has 0 radical (unpaired) electrons. The highest BCUT2D eigenvalue weighted by molar-refractivity contribution is 7.80. The second-order valence-corrected chi connectivity index (χ2v) is 4.65. The number of ether oxygens (including phenoxy) is 1. The van der Waals surface area contributed by atoms with Gasteiger partial charge in [-0.05, 0) is 38.1 Å². The maximum Gasteiger partial charge on any atom is 0.223 e. The third-order valence-corrected chi connectivity index (χ3v) is 2.42. The number of carbonyl (C=O) groups is 1. The Morgan fingerprint density at radius 1 is 1.39 bits per heavy atom. The molecule has 4 nitrogen and oxygen atoms in total. The first-order valence-corrected chi connectivity index (χ1v) is 6.22. The normalized spacial score (nSPS) is 10.2. The molecular weight excluding hydrogens is 248 g/mol. The monoisotopic (exact) mass is 266 g/mol. The number of hydrogen-bond donors (Lipinski definition) is 2. The predicted octanol–water partition coefficient (Wildman–Crippen LogP) is 1.61. The molecule has 18 heavy (non-hydrogen) atoms. The summed E-state index contributed by atoms with van der Waals surface area (Å²) >= 11 is 4.85. The minimum atomic E-state index is -0.00949. The van der Waals surface area contributed by atoms with Crippen LogP contribution in [0.1, 0.15) is 25.8 Å². The summed E-state index contributed by atoms with van der Waals surface area (Å²) in [4.78, 5) is 11.7. The lowest BCUT2D eigenvalue weighted by Crippen LogP contribution is -2.31. The molecule has 1 rings (SSSR count). The SMILES string of the molecule is CC(C)NC(=O)CCOc1ccc(C(N)=S)cc1. The van der Waals surface area contributed by atoms with Crippen LogP contribution in [0.4, 0.5) is 0 Å². The van der Waals surface area contributed by atoms with Crippen molar-refractivity contribution >= 4 is 23.1 Å². The summed E-state index contributed by atoms with van der Waals surface area (Å²) in [6.45, 7) is 4.20. The Hall–Kier alpha value is -1.62. The number of benzene rings is 1. The van der Waals surface area contributed by atoms with Crippen molar-refractivity contribution in [2.75, 3.05) is 6.61 Å². The Labute approximate surface area is 113 Å². The summed E-state index contributed by atoms with van der Waals surface area (Å²) < 4.78 is 5.45. The molecule has 5 heteroatoms. The van der Waals surface area contributed by atoms with E-state index < -0.39 is 0 Å². The van der Waals surface area contributed by atoms with Crippen LogP contribution < -0.4 is 15.8 Å². The number of hydrogen-bond acceptors (Lipinski definition) is 3. The zero-order chi connectivity index (χ0) is 13.5. The maximum absolute atomic E-state index is 11.4. The number of carbonyl (C=O) groups excluding carboxylic acids is 1. The second-order valence-electron chi connectivity index (χ2n) is 4.21. The summed E-state index contributed by atoms with van der Waals surface area (Å²) in [6, 6.07) is 7.32. The predicted molar refractivity (Wildman–Crippen MR) is 75.7 cm³/mol. The molecule has 3 N–H and O–H groups in total.